The second-order valence-electron chi connectivity index (χ2n) is 4.82. The first-order valence-corrected chi connectivity index (χ1v) is 6.15. The van der Waals surface area contributed by atoms with E-state index in [4.69, 9.17) is 9.47 Å². The first kappa shape index (κ1) is 12.2. The van der Waals surface area contributed by atoms with Crippen molar-refractivity contribution in [3.8, 4) is 11.5 Å². The molecule has 0 bridgehead atoms. The summed E-state index contributed by atoms with van der Waals surface area (Å²) in [6.07, 6.45) is 1.02. The van der Waals surface area contributed by atoms with Crippen LogP contribution in [0.2, 0.25) is 0 Å². The number of hydrogen-bond donors (Lipinski definition) is 1. The van der Waals surface area contributed by atoms with E-state index in [-0.39, 0.29) is 0 Å². The third-order valence-corrected chi connectivity index (χ3v) is 3.41. The van der Waals surface area contributed by atoms with E-state index in [9.17, 15) is 0 Å². The zero-order valence-electron chi connectivity index (χ0n) is 11.0. The maximum Gasteiger partial charge on any atom is 0.126 e. The third kappa shape index (κ3) is 2.25. The van der Waals surface area contributed by atoms with Gasteiger partial charge in [0.15, 0.2) is 0 Å². The predicted molar refractivity (Wildman–Crippen MR) is 68.8 cm³/mol. The Kier molecular flexibility index (Phi) is 3.57. The molecule has 0 aromatic heterocycles. The van der Waals surface area contributed by atoms with E-state index in [2.05, 4.69) is 25.2 Å². The van der Waals surface area contributed by atoms with E-state index in [0.717, 1.165) is 24.5 Å². The molecule has 1 atom stereocenters. The molecule has 0 amide bonds. The van der Waals surface area contributed by atoms with Crippen LogP contribution in [0.25, 0.3) is 0 Å². The van der Waals surface area contributed by atoms with Crippen molar-refractivity contribution in [1.29, 1.82) is 0 Å². The largest absolute Gasteiger partial charge is 0.497 e. The summed E-state index contributed by atoms with van der Waals surface area (Å²) in [5, 5.41) is 3.57. The van der Waals surface area contributed by atoms with E-state index in [1.165, 1.54) is 11.1 Å². The SMILES string of the molecule is COc1cc(OC)c2c(c1)C(C(C)C)NCC2. The minimum atomic E-state index is 0.391. The van der Waals surface area contributed by atoms with Crippen LogP contribution in [-0.4, -0.2) is 20.8 Å². The Morgan fingerprint density at radius 1 is 1.24 bits per heavy atom. The standard InChI is InChI=1S/C14H21NO2/c1-9(2)14-12-7-10(16-3)8-13(17-4)11(12)5-6-15-14/h7-9,14-15H,5-6H2,1-4H3. The Morgan fingerprint density at radius 3 is 2.59 bits per heavy atom. The van der Waals surface area contributed by atoms with Crippen LogP contribution in [0.3, 0.4) is 0 Å². The lowest BCUT2D eigenvalue weighted by atomic mass is 9.87. The van der Waals surface area contributed by atoms with Crippen molar-refractivity contribution in [2.45, 2.75) is 26.3 Å². The topological polar surface area (TPSA) is 30.5 Å². The molecule has 1 heterocycles. The van der Waals surface area contributed by atoms with Gasteiger partial charge in [-0.15, -0.1) is 0 Å². The summed E-state index contributed by atoms with van der Waals surface area (Å²) in [4.78, 5) is 0. The molecule has 0 saturated heterocycles. The zero-order valence-corrected chi connectivity index (χ0v) is 11.0. The second-order valence-corrected chi connectivity index (χ2v) is 4.82. The minimum absolute atomic E-state index is 0.391. The quantitative estimate of drug-likeness (QED) is 0.873. The van der Waals surface area contributed by atoms with Crippen molar-refractivity contribution in [3.05, 3.63) is 23.3 Å². The monoisotopic (exact) mass is 235 g/mol. The fourth-order valence-electron chi connectivity index (χ4n) is 2.54. The van der Waals surface area contributed by atoms with Crippen LogP contribution in [0.4, 0.5) is 0 Å². The highest BCUT2D eigenvalue weighted by Gasteiger charge is 2.25. The molecule has 1 N–H and O–H groups in total. The van der Waals surface area contributed by atoms with Crippen LogP contribution >= 0.6 is 0 Å². The number of benzene rings is 1. The van der Waals surface area contributed by atoms with Crippen molar-refractivity contribution in [2.24, 2.45) is 5.92 Å². The number of hydrogen-bond acceptors (Lipinski definition) is 3. The van der Waals surface area contributed by atoms with Gasteiger partial charge in [-0.05, 0) is 30.5 Å². The smallest absolute Gasteiger partial charge is 0.126 e. The van der Waals surface area contributed by atoms with Gasteiger partial charge in [0, 0.05) is 17.7 Å². The molecule has 2 rings (SSSR count). The summed E-state index contributed by atoms with van der Waals surface area (Å²) in [6.45, 7) is 5.48. The Labute approximate surface area is 103 Å². The van der Waals surface area contributed by atoms with Crippen molar-refractivity contribution in [3.63, 3.8) is 0 Å². The molecule has 0 fully saturated rings. The molecule has 1 aliphatic heterocycles. The van der Waals surface area contributed by atoms with Crippen molar-refractivity contribution in [2.75, 3.05) is 20.8 Å². The van der Waals surface area contributed by atoms with E-state index in [1.807, 2.05) is 6.07 Å². The molecule has 3 nitrogen and oxygen atoms in total. The molecule has 17 heavy (non-hydrogen) atoms. The van der Waals surface area contributed by atoms with Gasteiger partial charge in [0.2, 0.25) is 0 Å². The van der Waals surface area contributed by atoms with E-state index in [0.29, 0.717) is 12.0 Å². The summed E-state index contributed by atoms with van der Waals surface area (Å²) < 4.78 is 10.8. The van der Waals surface area contributed by atoms with E-state index >= 15 is 0 Å². The Bertz CT molecular complexity index is 401. The van der Waals surface area contributed by atoms with Gasteiger partial charge < -0.3 is 14.8 Å². The minimum Gasteiger partial charge on any atom is -0.497 e. The van der Waals surface area contributed by atoms with Crippen LogP contribution < -0.4 is 14.8 Å². The fourth-order valence-corrected chi connectivity index (χ4v) is 2.54. The molecule has 0 radical (unpaired) electrons. The average molecular weight is 235 g/mol. The maximum absolute atomic E-state index is 5.48. The van der Waals surface area contributed by atoms with E-state index in [1.54, 1.807) is 14.2 Å². The first-order valence-electron chi connectivity index (χ1n) is 6.15. The number of ether oxygens (including phenoxy) is 2. The van der Waals surface area contributed by atoms with Crippen LogP contribution in [0.5, 0.6) is 11.5 Å². The summed E-state index contributed by atoms with van der Waals surface area (Å²) >= 11 is 0. The number of methoxy groups -OCH3 is 2. The zero-order chi connectivity index (χ0) is 12.4. The normalized spacial score (nSPS) is 19.0. The summed E-state index contributed by atoms with van der Waals surface area (Å²) in [5.41, 5.74) is 2.65. The Hall–Kier alpha value is -1.22. The predicted octanol–water partition coefficient (Wildman–Crippen LogP) is 2.55. The molecule has 0 aliphatic carbocycles. The van der Waals surface area contributed by atoms with Gasteiger partial charge in [-0.2, -0.15) is 0 Å². The van der Waals surface area contributed by atoms with Crippen LogP contribution in [0.1, 0.15) is 31.0 Å². The lowest BCUT2D eigenvalue weighted by molar-refractivity contribution is 0.363. The highest BCUT2D eigenvalue weighted by molar-refractivity contribution is 5.49. The van der Waals surface area contributed by atoms with Crippen LogP contribution in [0, 0.1) is 5.92 Å². The van der Waals surface area contributed by atoms with Crippen LogP contribution in [0.15, 0.2) is 12.1 Å². The highest BCUT2D eigenvalue weighted by atomic mass is 16.5. The van der Waals surface area contributed by atoms with Gasteiger partial charge >= 0.3 is 0 Å². The molecule has 1 unspecified atom stereocenters. The molecular formula is C14H21NO2. The summed E-state index contributed by atoms with van der Waals surface area (Å²) in [6, 6.07) is 4.50. The molecule has 94 valence electrons. The molecule has 1 aromatic carbocycles. The Morgan fingerprint density at radius 2 is 2.00 bits per heavy atom. The molecule has 3 heteroatoms. The first-order chi connectivity index (χ1) is 8.17. The number of rotatable bonds is 3. The number of nitrogens with one attached hydrogen (secondary N) is 1. The molecule has 1 aliphatic rings. The van der Waals surface area contributed by atoms with Gasteiger partial charge in [0.05, 0.1) is 14.2 Å². The number of fused-ring (bicyclic) bond motifs is 1. The lowest BCUT2D eigenvalue weighted by Crippen LogP contribution is -2.33. The molecular weight excluding hydrogens is 214 g/mol. The molecule has 0 saturated carbocycles. The molecule has 1 aromatic rings. The molecule has 0 spiro atoms. The van der Waals surface area contributed by atoms with Crippen LogP contribution in [-0.2, 0) is 6.42 Å². The van der Waals surface area contributed by atoms with Crippen molar-refractivity contribution >= 4 is 0 Å². The van der Waals surface area contributed by atoms with Crippen molar-refractivity contribution < 1.29 is 9.47 Å². The summed E-state index contributed by atoms with van der Waals surface area (Å²) in [5.74, 6) is 2.38. The van der Waals surface area contributed by atoms with Gasteiger partial charge in [-0.1, -0.05) is 13.8 Å². The van der Waals surface area contributed by atoms with Gasteiger partial charge in [-0.25, -0.2) is 0 Å². The third-order valence-electron chi connectivity index (χ3n) is 3.41. The van der Waals surface area contributed by atoms with Crippen molar-refractivity contribution in [1.82, 2.24) is 5.32 Å². The lowest BCUT2D eigenvalue weighted by Gasteiger charge is -2.31. The van der Waals surface area contributed by atoms with Gasteiger partial charge in [0.25, 0.3) is 0 Å². The fraction of sp³-hybridized carbons (Fsp3) is 0.571. The maximum atomic E-state index is 5.48. The van der Waals surface area contributed by atoms with Gasteiger partial charge in [-0.3, -0.25) is 0 Å². The average Bonchev–Trinajstić information content (AvgIpc) is 2.36. The highest BCUT2D eigenvalue weighted by Crippen LogP contribution is 2.37. The second kappa shape index (κ2) is 4.96. The summed E-state index contributed by atoms with van der Waals surface area (Å²) in [7, 11) is 3.42. The Balaban J connectivity index is 2.51. The van der Waals surface area contributed by atoms with E-state index < -0.39 is 0 Å². The van der Waals surface area contributed by atoms with Gasteiger partial charge in [0.1, 0.15) is 11.5 Å².